The van der Waals surface area contributed by atoms with E-state index in [0.29, 0.717) is 26.3 Å². The van der Waals surface area contributed by atoms with Gasteiger partial charge in [-0.25, -0.2) is 9.07 Å². The molecule has 134 valence electrons. The molecule has 0 N–H and O–H groups in total. The summed E-state index contributed by atoms with van der Waals surface area (Å²) < 4.78 is 15.8. The van der Waals surface area contributed by atoms with E-state index in [1.165, 1.54) is 39.4 Å². The van der Waals surface area contributed by atoms with Crippen molar-refractivity contribution in [2.75, 3.05) is 18.2 Å². The van der Waals surface area contributed by atoms with Crippen molar-refractivity contribution in [1.82, 2.24) is 9.78 Å². The van der Waals surface area contributed by atoms with E-state index in [-0.39, 0.29) is 12.1 Å². The van der Waals surface area contributed by atoms with Crippen LogP contribution in [0.15, 0.2) is 39.2 Å². The lowest BCUT2D eigenvalue weighted by atomic mass is 10.1. The molecule has 0 saturated carbocycles. The third-order valence-electron chi connectivity index (χ3n) is 3.58. The summed E-state index contributed by atoms with van der Waals surface area (Å²) >= 11 is 4.84. The summed E-state index contributed by atoms with van der Waals surface area (Å²) in [5.41, 5.74) is 1.79. The standard InChI is InChI=1S/C16H13FIN5OS2/c1-22-15(24)14-13(8-20-22)23(5-4-17)21-16(26-14)25-9-10-2-3-12(18)6-11(10)7-19/h2-3,6,8H,4-5,9H2,1H3. The minimum atomic E-state index is -0.587. The lowest BCUT2D eigenvalue weighted by molar-refractivity contribution is 0.491. The first-order valence-electron chi connectivity index (χ1n) is 7.51. The summed E-state index contributed by atoms with van der Waals surface area (Å²) in [5.74, 6) is 0.538. The van der Waals surface area contributed by atoms with Gasteiger partial charge in [-0.05, 0) is 40.3 Å². The maximum atomic E-state index is 12.9. The molecule has 0 atom stereocenters. The Labute approximate surface area is 171 Å². The van der Waals surface area contributed by atoms with Crippen LogP contribution in [0.2, 0.25) is 0 Å². The molecule has 26 heavy (non-hydrogen) atoms. The van der Waals surface area contributed by atoms with Crippen LogP contribution in [0.5, 0.6) is 0 Å². The Bertz CT molecular complexity index is 972. The zero-order chi connectivity index (χ0) is 18.7. The number of fused-ring (bicyclic) bond motifs is 1. The molecule has 6 nitrogen and oxygen atoms in total. The Hall–Kier alpha value is -1.58. The number of halogens is 2. The normalized spacial score (nSPS) is 13.2. The first-order chi connectivity index (χ1) is 12.5. The zero-order valence-electron chi connectivity index (χ0n) is 13.6. The van der Waals surface area contributed by atoms with Crippen LogP contribution in [-0.4, -0.2) is 27.4 Å². The number of anilines is 1. The number of thioether (sulfide) groups is 2. The molecule has 0 spiro atoms. The molecule has 0 aliphatic carbocycles. The van der Waals surface area contributed by atoms with E-state index in [1.54, 1.807) is 7.05 Å². The number of nitriles is 1. The average molecular weight is 501 g/mol. The second kappa shape index (κ2) is 8.41. The predicted octanol–water partition coefficient (Wildman–Crippen LogP) is 3.34. The van der Waals surface area contributed by atoms with E-state index in [2.05, 4.69) is 38.9 Å². The fourth-order valence-electron chi connectivity index (χ4n) is 2.28. The van der Waals surface area contributed by atoms with E-state index < -0.39 is 6.67 Å². The average Bonchev–Trinajstić information content (AvgIpc) is 2.64. The van der Waals surface area contributed by atoms with Crippen molar-refractivity contribution >= 4 is 56.2 Å². The van der Waals surface area contributed by atoms with Crippen molar-refractivity contribution in [1.29, 1.82) is 5.26 Å². The molecule has 0 radical (unpaired) electrons. The molecule has 0 saturated heterocycles. The Morgan fingerprint density at radius 3 is 3.00 bits per heavy atom. The van der Waals surface area contributed by atoms with Gasteiger partial charge >= 0.3 is 0 Å². The summed E-state index contributed by atoms with van der Waals surface area (Å²) in [6, 6.07) is 7.89. The number of nitrogens with zero attached hydrogens (tertiary/aromatic N) is 5. The monoisotopic (exact) mass is 501 g/mol. The summed E-state index contributed by atoms with van der Waals surface area (Å²) in [4.78, 5) is 12.9. The van der Waals surface area contributed by atoms with Crippen molar-refractivity contribution in [2.24, 2.45) is 12.1 Å². The molecular weight excluding hydrogens is 488 g/mol. The van der Waals surface area contributed by atoms with E-state index in [9.17, 15) is 14.4 Å². The molecule has 0 fully saturated rings. The SMILES string of the molecule is Cn1ncc2c(c1=O)SC(SCc1ccc(I)cc1C#N)=NN2CCF. The van der Waals surface area contributed by atoms with Crippen molar-refractivity contribution in [3.05, 3.63) is 49.4 Å². The van der Waals surface area contributed by atoms with Gasteiger partial charge in [0.05, 0.1) is 30.1 Å². The highest BCUT2D eigenvalue weighted by Crippen LogP contribution is 2.37. The minimum absolute atomic E-state index is 0.0550. The zero-order valence-corrected chi connectivity index (χ0v) is 17.4. The summed E-state index contributed by atoms with van der Waals surface area (Å²) in [7, 11) is 1.58. The molecule has 2 heterocycles. The molecular formula is C16H13FIN5OS2. The molecule has 1 aromatic carbocycles. The van der Waals surface area contributed by atoms with Crippen LogP contribution in [0.4, 0.5) is 10.1 Å². The van der Waals surface area contributed by atoms with Crippen molar-refractivity contribution in [3.8, 4) is 6.07 Å². The first-order valence-corrected chi connectivity index (χ1v) is 10.4. The van der Waals surface area contributed by atoms with Gasteiger partial charge in [0, 0.05) is 16.4 Å². The van der Waals surface area contributed by atoms with E-state index in [4.69, 9.17) is 0 Å². The Balaban J connectivity index is 1.86. The third kappa shape index (κ3) is 4.05. The molecule has 1 aromatic heterocycles. The largest absolute Gasteiger partial charge is 0.282 e. The minimum Gasteiger partial charge on any atom is -0.266 e. The number of hydrogen-bond acceptors (Lipinski definition) is 7. The molecule has 10 heteroatoms. The van der Waals surface area contributed by atoms with Gasteiger partial charge in [0.1, 0.15) is 11.6 Å². The van der Waals surface area contributed by atoms with Crippen LogP contribution in [0.25, 0.3) is 0 Å². The fourth-order valence-corrected chi connectivity index (χ4v) is 4.91. The number of benzene rings is 1. The van der Waals surface area contributed by atoms with E-state index >= 15 is 0 Å². The molecule has 0 unspecified atom stereocenters. The summed E-state index contributed by atoms with van der Waals surface area (Å²) in [6.45, 7) is -0.532. The number of hydrazone groups is 1. The van der Waals surface area contributed by atoms with Gasteiger partial charge in [0.2, 0.25) is 0 Å². The first kappa shape index (κ1) is 19.2. The molecule has 3 rings (SSSR count). The lowest BCUT2D eigenvalue weighted by Gasteiger charge is -2.25. The van der Waals surface area contributed by atoms with E-state index in [1.807, 2.05) is 18.2 Å². The maximum Gasteiger partial charge on any atom is 0.282 e. The van der Waals surface area contributed by atoms with Gasteiger partial charge in [-0.2, -0.15) is 15.5 Å². The van der Waals surface area contributed by atoms with Crippen LogP contribution >= 0.6 is 46.1 Å². The van der Waals surface area contributed by atoms with Gasteiger partial charge in [-0.15, -0.1) is 0 Å². The van der Waals surface area contributed by atoms with Crippen molar-refractivity contribution in [2.45, 2.75) is 10.6 Å². The number of rotatable bonds is 4. The highest BCUT2D eigenvalue weighted by atomic mass is 127. The maximum absolute atomic E-state index is 12.9. The van der Waals surface area contributed by atoms with Gasteiger partial charge in [0.25, 0.3) is 5.56 Å². The number of hydrogen-bond donors (Lipinski definition) is 0. The topological polar surface area (TPSA) is 74.3 Å². The van der Waals surface area contributed by atoms with Gasteiger partial charge in [-0.3, -0.25) is 9.80 Å². The summed E-state index contributed by atoms with van der Waals surface area (Å²) in [5, 5.41) is 19.2. The number of alkyl halides is 1. The van der Waals surface area contributed by atoms with Gasteiger partial charge in [0.15, 0.2) is 4.38 Å². The molecule has 2 aromatic rings. The van der Waals surface area contributed by atoms with Gasteiger partial charge in [-0.1, -0.05) is 29.6 Å². The number of aromatic nitrogens is 2. The second-order valence-electron chi connectivity index (χ2n) is 5.27. The highest BCUT2D eigenvalue weighted by Gasteiger charge is 2.24. The van der Waals surface area contributed by atoms with E-state index in [0.717, 1.165) is 9.13 Å². The quantitative estimate of drug-likeness (QED) is 0.599. The van der Waals surface area contributed by atoms with Crippen LogP contribution in [0.3, 0.4) is 0 Å². The van der Waals surface area contributed by atoms with Crippen LogP contribution in [0.1, 0.15) is 11.1 Å². The molecule has 1 aliphatic heterocycles. The lowest BCUT2D eigenvalue weighted by Crippen LogP contribution is -2.30. The molecule has 0 amide bonds. The predicted molar refractivity (Wildman–Crippen MR) is 111 cm³/mol. The Morgan fingerprint density at radius 1 is 1.46 bits per heavy atom. The second-order valence-corrected chi connectivity index (χ2v) is 8.74. The molecule has 1 aliphatic rings. The number of aryl methyl sites for hydroxylation is 1. The highest BCUT2D eigenvalue weighted by molar-refractivity contribution is 14.1. The smallest absolute Gasteiger partial charge is 0.266 e. The molecule has 0 bridgehead atoms. The Morgan fingerprint density at radius 2 is 2.27 bits per heavy atom. The van der Waals surface area contributed by atoms with Crippen LogP contribution in [0, 0.1) is 14.9 Å². The third-order valence-corrected chi connectivity index (χ3v) is 6.49. The van der Waals surface area contributed by atoms with Crippen LogP contribution < -0.4 is 10.6 Å². The van der Waals surface area contributed by atoms with Crippen molar-refractivity contribution < 1.29 is 4.39 Å². The van der Waals surface area contributed by atoms with Crippen LogP contribution in [-0.2, 0) is 12.8 Å². The van der Waals surface area contributed by atoms with Gasteiger partial charge < -0.3 is 0 Å². The summed E-state index contributed by atoms with van der Waals surface area (Å²) in [6.07, 6.45) is 1.53. The van der Waals surface area contributed by atoms with Crippen molar-refractivity contribution in [3.63, 3.8) is 0 Å². The fraction of sp³-hybridized carbons (Fsp3) is 0.250. The Kier molecular flexibility index (Phi) is 6.20.